The quantitative estimate of drug-likeness (QED) is 0.923. The van der Waals surface area contributed by atoms with Crippen LogP contribution >= 0.6 is 0 Å². The Labute approximate surface area is 126 Å². The molecule has 0 amide bonds. The third kappa shape index (κ3) is 4.24. The van der Waals surface area contributed by atoms with Gasteiger partial charge in [-0.3, -0.25) is 4.68 Å². The first kappa shape index (κ1) is 16.4. The Bertz CT molecular complexity index is 638. The van der Waals surface area contributed by atoms with Crippen LogP contribution in [0, 0.1) is 13.8 Å². The first-order valence-electron chi connectivity index (χ1n) is 6.74. The molecule has 2 rings (SSSR count). The van der Waals surface area contributed by atoms with E-state index in [0.29, 0.717) is 5.75 Å². The van der Waals surface area contributed by atoms with Gasteiger partial charge in [-0.1, -0.05) is 12.1 Å². The number of hydrogen-bond donors (Lipinski definition) is 1. The zero-order valence-corrected chi connectivity index (χ0v) is 12.3. The molecular weight excluding hydrogens is 297 g/mol. The number of benzene rings is 1. The lowest BCUT2D eigenvalue weighted by atomic mass is 10.1. The molecule has 1 N–H and O–H groups in total. The predicted molar refractivity (Wildman–Crippen MR) is 74.6 cm³/mol. The van der Waals surface area contributed by atoms with Crippen LogP contribution in [-0.4, -0.2) is 27.6 Å². The number of aryl methyl sites for hydroxylation is 2. The molecule has 22 heavy (non-hydrogen) atoms. The molecule has 1 unspecified atom stereocenters. The van der Waals surface area contributed by atoms with Crippen LogP contribution in [0.4, 0.5) is 13.2 Å². The van der Waals surface area contributed by atoms with Crippen molar-refractivity contribution in [2.75, 3.05) is 6.61 Å². The minimum atomic E-state index is -4.48. The van der Waals surface area contributed by atoms with Crippen molar-refractivity contribution < 1.29 is 23.0 Å². The van der Waals surface area contributed by atoms with Crippen LogP contribution in [0.2, 0.25) is 0 Å². The molecule has 4 nitrogen and oxygen atoms in total. The summed E-state index contributed by atoms with van der Waals surface area (Å²) in [4.78, 5) is 0. The monoisotopic (exact) mass is 314 g/mol. The molecule has 0 saturated carbocycles. The lowest BCUT2D eigenvalue weighted by Gasteiger charge is -2.14. The maximum absolute atomic E-state index is 12.4. The lowest BCUT2D eigenvalue weighted by molar-refractivity contribution is -0.141. The van der Waals surface area contributed by atoms with Crippen molar-refractivity contribution in [2.45, 2.75) is 32.7 Å². The van der Waals surface area contributed by atoms with Gasteiger partial charge in [0.05, 0.1) is 6.54 Å². The standard InChI is InChI=1S/C15H17F3N2O2/c1-10-3-4-11(2)13(7-10)22-9-12(21)8-20-6-5-14(19-20)15(16,17)18/h3-7,12,21H,8-9H2,1-2H3. The van der Waals surface area contributed by atoms with E-state index in [0.717, 1.165) is 21.9 Å². The van der Waals surface area contributed by atoms with Crippen LogP contribution in [-0.2, 0) is 12.7 Å². The van der Waals surface area contributed by atoms with Gasteiger partial charge < -0.3 is 9.84 Å². The number of aliphatic hydroxyl groups excluding tert-OH is 1. The van der Waals surface area contributed by atoms with Crippen LogP contribution in [0.5, 0.6) is 5.75 Å². The number of aliphatic hydroxyl groups is 1. The largest absolute Gasteiger partial charge is 0.491 e. The molecule has 1 aromatic carbocycles. The fraction of sp³-hybridized carbons (Fsp3) is 0.400. The minimum absolute atomic E-state index is 0.0223. The van der Waals surface area contributed by atoms with Crippen LogP contribution in [0.1, 0.15) is 16.8 Å². The summed E-state index contributed by atoms with van der Waals surface area (Å²) in [6.07, 6.45) is -4.25. The van der Waals surface area contributed by atoms with Gasteiger partial charge in [-0.05, 0) is 37.1 Å². The van der Waals surface area contributed by atoms with Crippen LogP contribution in [0.15, 0.2) is 30.5 Å². The van der Waals surface area contributed by atoms with Crippen molar-refractivity contribution in [3.63, 3.8) is 0 Å². The molecule has 0 aliphatic rings. The van der Waals surface area contributed by atoms with E-state index in [1.807, 2.05) is 32.0 Å². The van der Waals surface area contributed by atoms with Crippen LogP contribution < -0.4 is 4.74 Å². The number of alkyl halides is 3. The van der Waals surface area contributed by atoms with Gasteiger partial charge in [0, 0.05) is 6.20 Å². The average molecular weight is 314 g/mol. The zero-order valence-electron chi connectivity index (χ0n) is 12.3. The van der Waals surface area contributed by atoms with Gasteiger partial charge in [0.15, 0.2) is 5.69 Å². The van der Waals surface area contributed by atoms with Gasteiger partial charge in [-0.15, -0.1) is 0 Å². The van der Waals surface area contributed by atoms with Crippen molar-refractivity contribution in [1.82, 2.24) is 9.78 Å². The Hall–Kier alpha value is -2.02. The number of rotatable bonds is 5. The molecule has 0 saturated heterocycles. The molecule has 0 fully saturated rings. The summed E-state index contributed by atoms with van der Waals surface area (Å²) in [6.45, 7) is 3.71. The third-order valence-corrected chi connectivity index (χ3v) is 3.10. The van der Waals surface area contributed by atoms with E-state index in [1.54, 1.807) is 0 Å². The highest BCUT2D eigenvalue weighted by atomic mass is 19.4. The molecule has 0 spiro atoms. The van der Waals surface area contributed by atoms with E-state index < -0.39 is 18.0 Å². The highest BCUT2D eigenvalue weighted by Gasteiger charge is 2.33. The second-order valence-electron chi connectivity index (χ2n) is 5.15. The first-order valence-corrected chi connectivity index (χ1v) is 6.74. The van der Waals surface area contributed by atoms with Crippen LogP contribution in [0.25, 0.3) is 0 Å². The maximum atomic E-state index is 12.4. The summed E-state index contributed by atoms with van der Waals surface area (Å²) in [5.74, 6) is 0.649. The lowest BCUT2D eigenvalue weighted by Crippen LogP contribution is -2.24. The van der Waals surface area contributed by atoms with Gasteiger partial charge in [-0.25, -0.2) is 0 Å². The number of ether oxygens (including phenoxy) is 1. The predicted octanol–water partition coefficient (Wildman–Crippen LogP) is 2.96. The van der Waals surface area contributed by atoms with Crippen molar-refractivity contribution in [1.29, 1.82) is 0 Å². The van der Waals surface area contributed by atoms with E-state index in [-0.39, 0.29) is 13.2 Å². The van der Waals surface area contributed by atoms with Gasteiger partial charge in [-0.2, -0.15) is 18.3 Å². The fourth-order valence-corrected chi connectivity index (χ4v) is 1.93. The zero-order chi connectivity index (χ0) is 16.3. The molecule has 120 valence electrons. The normalized spacial score (nSPS) is 13.2. The van der Waals surface area contributed by atoms with Gasteiger partial charge in [0.25, 0.3) is 0 Å². The fourth-order valence-electron chi connectivity index (χ4n) is 1.93. The second-order valence-corrected chi connectivity index (χ2v) is 5.15. The van der Waals surface area contributed by atoms with E-state index >= 15 is 0 Å². The van der Waals surface area contributed by atoms with E-state index in [2.05, 4.69) is 5.10 Å². The Kier molecular flexibility index (Phi) is 4.75. The molecule has 0 bridgehead atoms. The highest BCUT2D eigenvalue weighted by molar-refractivity contribution is 5.35. The van der Waals surface area contributed by atoms with Crippen molar-refractivity contribution in [3.8, 4) is 5.75 Å². The molecule has 0 aliphatic carbocycles. The summed E-state index contributed by atoms with van der Waals surface area (Å²) in [6, 6.07) is 6.57. The van der Waals surface area contributed by atoms with Crippen molar-refractivity contribution >= 4 is 0 Å². The number of nitrogens with zero attached hydrogens (tertiary/aromatic N) is 2. The SMILES string of the molecule is Cc1ccc(C)c(OCC(O)Cn2ccc(C(F)(F)F)n2)c1. The van der Waals surface area contributed by atoms with Crippen molar-refractivity contribution in [2.24, 2.45) is 0 Å². The van der Waals surface area contributed by atoms with E-state index in [1.165, 1.54) is 6.20 Å². The number of halogens is 3. The molecular formula is C15H17F3N2O2. The summed E-state index contributed by atoms with van der Waals surface area (Å²) in [5, 5.41) is 13.3. The summed E-state index contributed by atoms with van der Waals surface area (Å²) in [7, 11) is 0. The summed E-state index contributed by atoms with van der Waals surface area (Å²) < 4.78 is 43.8. The molecule has 2 aromatic rings. The third-order valence-electron chi connectivity index (χ3n) is 3.10. The highest BCUT2D eigenvalue weighted by Crippen LogP contribution is 2.27. The van der Waals surface area contributed by atoms with Gasteiger partial charge in [0.1, 0.15) is 18.5 Å². The Morgan fingerprint density at radius 1 is 1.27 bits per heavy atom. The van der Waals surface area contributed by atoms with Crippen LogP contribution in [0.3, 0.4) is 0 Å². The summed E-state index contributed by atoms with van der Waals surface area (Å²) in [5.41, 5.74) is 0.975. The number of aromatic nitrogens is 2. The Morgan fingerprint density at radius 3 is 2.64 bits per heavy atom. The molecule has 1 aromatic heterocycles. The van der Waals surface area contributed by atoms with Gasteiger partial charge >= 0.3 is 6.18 Å². The molecule has 0 radical (unpaired) electrons. The van der Waals surface area contributed by atoms with Gasteiger partial charge in [0.2, 0.25) is 0 Å². The second kappa shape index (κ2) is 6.39. The molecule has 1 atom stereocenters. The van der Waals surface area contributed by atoms with E-state index in [9.17, 15) is 18.3 Å². The Balaban J connectivity index is 1.92. The first-order chi connectivity index (χ1) is 10.3. The number of hydrogen-bond acceptors (Lipinski definition) is 3. The molecule has 1 heterocycles. The maximum Gasteiger partial charge on any atom is 0.435 e. The summed E-state index contributed by atoms with van der Waals surface area (Å²) >= 11 is 0. The van der Waals surface area contributed by atoms with E-state index in [4.69, 9.17) is 4.74 Å². The minimum Gasteiger partial charge on any atom is -0.491 e. The average Bonchev–Trinajstić information content (AvgIpc) is 2.88. The van der Waals surface area contributed by atoms with Crippen molar-refractivity contribution in [3.05, 3.63) is 47.3 Å². The Morgan fingerprint density at radius 2 is 2.00 bits per heavy atom. The topological polar surface area (TPSA) is 47.3 Å². The molecule has 7 heteroatoms. The smallest absolute Gasteiger partial charge is 0.435 e. The molecule has 0 aliphatic heterocycles.